The summed E-state index contributed by atoms with van der Waals surface area (Å²) in [6.45, 7) is 5.19. The van der Waals surface area contributed by atoms with Gasteiger partial charge in [-0.3, -0.25) is 14.6 Å². The second-order valence-corrected chi connectivity index (χ2v) is 6.08. The number of amides is 2. The summed E-state index contributed by atoms with van der Waals surface area (Å²) in [6.07, 6.45) is 4.58. The molecule has 0 aliphatic rings. The number of benzene rings is 1. The topological polar surface area (TPSA) is 96.9 Å². The average Bonchev–Trinajstić information content (AvgIpc) is 2.68. The highest BCUT2D eigenvalue weighted by Crippen LogP contribution is 2.27. The lowest BCUT2D eigenvalue weighted by atomic mass is 10.1. The van der Waals surface area contributed by atoms with E-state index in [0.29, 0.717) is 28.5 Å². The molecule has 0 aliphatic heterocycles. The second kappa shape index (κ2) is 7.74. The fourth-order valence-corrected chi connectivity index (χ4v) is 2.62. The van der Waals surface area contributed by atoms with E-state index in [4.69, 9.17) is 0 Å². The summed E-state index contributed by atoms with van der Waals surface area (Å²) in [7, 11) is 0. The number of rotatable bonds is 4. The zero-order valence-electron chi connectivity index (χ0n) is 15.3. The molecule has 3 aromatic rings. The van der Waals surface area contributed by atoms with Crippen molar-refractivity contribution in [1.82, 2.24) is 15.0 Å². The third kappa shape index (κ3) is 4.14. The molecule has 0 atom stereocenters. The van der Waals surface area contributed by atoms with Crippen LogP contribution < -0.4 is 10.6 Å². The van der Waals surface area contributed by atoms with Crippen LogP contribution >= 0.6 is 0 Å². The second-order valence-electron chi connectivity index (χ2n) is 6.08. The first-order chi connectivity index (χ1) is 13.0. The molecule has 0 aliphatic carbocycles. The van der Waals surface area contributed by atoms with Crippen molar-refractivity contribution in [1.29, 1.82) is 0 Å². The van der Waals surface area contributed by atoms with Crippen molar-refractivity contribution in [3.63, 3.8) is 0 Å². The molecule has 2 amide bonds. The van der Waals surface area contributed by atoms with Gasteiger partial charge in [0.1, 0.15) is 5.69 Å². The van der Waals surface area contributed by atoms with E-state index in [0.717, 1.165) is 11.1 Å². The number of nitrogens with zero attached hydrogens (tertiary/aromatic N) is 3. The van der Waals surface area contributed by atoms with E-state index >= 15 is 0 Å². The number of aromatic nitrogens is 3. The zero-order valence-corrected chi connectivity index (χ0v) is 15.3. The van der Waals surface area contributed by atoms with Crippen molar-refractivity contribution < 1.29 is 9.59 Å². The Kier molecular flexibility index (Phi) is 5.21. The summed E-state index contributed by atoms with van der Waals surface area (Å²) in [5.41, 5.74) is 3.98. The lowest BCUT2D eigenvalue weighted by Crippen LogP contribution is -2.15. The highest BCUT2D eigenvalue weighted by Gasteiger charge is 2.13. The lowest BCUT2D eigenvalue weighted by molar-refractivity contribution is -0.114. The van der Waals surface area contributed by atoms with Crippen molar-refractivity contribution in [2.24, 2.45) is 0 Å². The van der Waals surface area contributed by atoms with Crippen molar-refractivity contribution >= 4 is 23.2 Å². The molecule has 3 rings (SSSR count). The third-order valence-corrected chi connectivity index (χ3v) is 4.03. The highest BCUT2D eigenvalue weighted by atomic mass is 16.2. The maximum absolute atomic E-state index is 12.5. The smallest absolute Gasteiger partial charge is 0.258 e. The van der Waals surface area contributed by atoms with Gasteiger partial charge in [0.2, 0.25) is 5.91 Å². The van der Waals surface area contributed by atoms with Crippen LogP contribution in [0.15, 0.2) is 48.9 Å². The molecule has 27 heavy (non-hydrogen) atoms. The summed E-state index contributed by atoms with van der Waals surface area (Å²) in [5, 5.41) is 5.64. The van der Waals surface area contributed by atoms with E-state index in [-0.39, 0.29) is 11.8 Å². The molecule has 0 bridgehead atoms. The Bertz CT molecular complexity index is 985. The Balaban J connectivity index is 1.80. The SMILES string of the molecule is CC(=O)Nc1c(C)ccc(NC(=O)c2cnc(-c3ccccn3)nc2)c1C. The van der Waals surface area contributed by atoms with Gasteiger partial charge in [-0.25, -0.2) is 9.97 Å². The largest absolute Gasteiger partial charge is 0.326 e. The van der Waals surface area contributed by atoms with Crippen molar-refractivity contribution in [2.75, 3.05) is 10.6 Å². The first-order valence-corrected chi connectivity index (χ1v) is 8.38. The van der Waals surface area contributed by atoms with Crippen LogP contribution in [-0.2, 0) is 4.79 Å². The molecule has 7 nitrogen and oxygen atoms in total. The van der Waals surface area contributed by atoms with Gasteiger partial charge in [0, 0.05) is 36.9 Å². The lowest BCUT2D eigenvalue weighted by Gasteiger charge is -2.15. The molecular formula is C20H19N5O2. The van der Waals surface area contributed by atoms with Crippen LogP contribution in [0, 0.1) is 13.8 Å². The molecule has 0 radical (unpaired) electrons. The van der Waals surface area contributed by atoms with Crippen molar-refractivity contribution in [3.8, 4) is 11.5 Å². The summed E-state index contributed by atoms with van der Waals surface area (Å²) >= 11 is 0. The van der Waals surface area contributed by atoms with Crippen LogP contribution in [0.5, 0.6) is 0 Å². The van der Waals surface area contributed by atoms with E-state index in [9.17, 15) is 9.59 Å². The Hall–Kier alpha value is -3.61. The van der Waals surface area contributed by atoms with Crippen LogP contribution in [0.1, 0.15) is 28.4 Å². The van der Waals surface area contributed by atoms with E-state index in [1.807, 2.05) is 32.0 Å². The van der Waals surface area contributed by atoms with Gasteiger partial charge in [-0.1, -0.05) is 12.1 Å². The number of hydrogen-bond donors (Lipinski definition) is 2. The number of nitrogens with one attached hydrogen (secondary N) is 2. The van der Waals surface area contributed by atoms with Gasteiger partial charge in [0.05, 0.1) is 5.56 Å². The standard InChI is InChI=1S/C20H19N5O2/c1-12-7-8-16(13(2)18(12)24-14(3)26)25-20(27)15-10-22-19(23-11-15)17-6-4-5-9-21-17/h4-11H,1-3H3,(H,24,26)(H,25,27). The summed E-state index contributed by atoms with van der Waals surface area (Å²) in [4.78, 5) is 36.6. The van der Waals surface area contributed by atoms with Crippen LogP contribution in [-0.4, -0.2) is 26.8 Å². The molecule has 0 unspecified atom stereocenters. The molecule has 136 valence electrons. The number of aryl methyl sites for hydroxylation is 1. The number of anilines is 2. The maximum atomic E-state index is 12.5. The quantitative estimate of drug-likeness (QED) is 0.743. The van der Waals surface area contributed by atoms with Crippen LogP contribution in [0.2, 0.25) is 0 Å². The van der Waals surface area contributed by atoms with E-state index in [1.165, 1.54) is 19.3 Å². The molecular weight excluding hydrogens is 342 g/mol. The van der Waals surface area contributed by atoms with Gasteiger partial charge in [0.25, 0.3) is 5.91 Å². The number of hydrogen-bond acceptors (Lipinski definition) is 5. The first-order valence-electron chi connectivity index (χ1n) is 8.38. The van der Waals surface area contributed by atoms with Crippen LogP contribution in [0.3, 0.4) is 0 Å². The number of carbonyl (C=O) groups excluding carboxylic acids is 2. The van der Waals surface area contributed by atoms with Gasteiger partial charge < -0.3 is 10.6 Å². The Labute approximate surface area is 156 Å². The van der Waals surface area contributed by atoms with Crippen LogP contribution in [0.25, 0.3) is 11.5 Å². The summed E-state index contributed by atoms with van der Waals surface area (Å²) < 4.78 is 0. The van der Waals surface area contributed by atoms with E-state index < -0.39 is 0 Å². The van der Waals surface area contributed by atoms with Crippen LogP contribution in [0.4, 0.5) is 11.4 Å². The number of pyridine rings is 1. The van der Waals surface area contributed by atoms with Gasteiger partial charge in [-0.15, -0.1) is 0 Å². The zero-order chi connectivity index (χ0) is 19.4. The summed E-state index contributed by atoms with van der Waals surface area (Å²) in [5.74, 6) is -0.0434. The molecule has 7 heteroatoms. The molecule has 0 saturated heterocycles. The Morgan fingerprint density at radius 1 is 0.926 bits per heavy atom. The molecule has 1 aromatic carbocycles. The van der Waals surface area contributed by atoms with Gasteiger partial charge in [-0.2, -0.15) is 0 Å². The van der Waals surface area contributed by atoms with Gasteiger partial charge in [0.15, 0.2) is 5.82 Å². The predicted molar refractivity (Wildman–Crippen MR) is 103 cm³/mol. The normalized spacial score (nSPS) is 10.3. The minimum absolute atomic E-state index is 0.164. The minimum Gasteiger partial charge on any atom is -0.326 e. The fourth-order valence-electron chi connectivity index (χ4n) is 2.62. The molecule has 0 saturated carbocycles. The number of carbonyl (C=O) groups is 2. The first kappa shape index (κ1) is 18.2. The molecule has 2 heterocycles. The molecule has 0 spiro atoms. The third-order valence-electron chi connectivity index (χ3n) is 4.03. The molecule has 0 fully saturated rings. The van der Waals surface area contributed by atoms with Gasteiger partial charge in [-0.05, 0) is 43.2 Å². The summed E-state index contributed by atoms with van der Waals surface area (Å²) in [6, 6.07) is 9.10. The molecule has 2 N–H and O–H groups in total. The minimum atomic E-state index is -0.330. The maximum Gasteiger partial charge on any atom is 0.258 e. The van der Waals surface area contributed by atoms with Crippen molar-refractivity contribution in [3.05, 3.63) is 65.6 Å². The average molecular weight is 361 g/mol. The highest BCUT2D eigenvalue weighted by molar-refractivity contribution is 6.05. The monoisotopic (exact) mass is 361 g/mol. The van der Waals surface area contributed by atoms with Crippen molar-refractivity contribution in [2.45, 2.75) is 20.8 Å². The predicted octanol–water partition coefficient (Wildman–Crippen LogP) is 3.37. The Morgan fingerprint density at radius 2 is 1.67 bits per heavy atom. The Morgan fingerprint density at radius 3 is 2.30 bits per heavy atom. The van der Waals surface area contributed by atoms with Gasteiger partial charge >= 0.3 is 0 Å². The fraction of sp³-hybridized carbons (Fsp3) is 0.150. The molecule has 2 aromatic heterocycles. The van der Waals surface area contributed by atoms with E-state index in [2.05, 4.69) is 25.6 Å². The van der Waals surface area contributed by atoms with E-state index in [1.54, 1.807) is 18.3 Å².